The summed E-state index contributed by atoms with van der Waals surface area (Å²) in [6, 6.07) is 6.55. The Morgan fingerprint density at radius 3 is 2.33 bits per heavy atom. The molecule has 1 saturated heterocycles. The standard InChI is InChI=1S/C18H20F2N4O.2ClH/c1-24(16-4-6-21-7-5-16)18(25)23-15-2-3-17(22-11-15)12-8-13(19)10-14(20)9-12;;/h2-3,8-11,16,21H,4-7H2,1H3,(H,23,25);2*1H. The van der Waals surface area contributed by atoms with Gasteiger partial charge in [-0.2, -0.15) is 0 Å². The van der Waals surface area contributed by atoms with Crippen molar-refractivity contribution in [2.24, 2.45) is 0 Å². The third-order valence-electron chi connectivity index (χ3n) is 4.35. The number of urea groups is 1. The van der Waals surface area contributed by atoms with E-state index in [1.807, 2.05) is 0 Å². The summed E-state index contributed by atoms with van der Waals surface area (Å²) in [4.78, 5) is 18.2. The first kappa shape index (κ1) is 23.1. The molecule has 3 rings (SSSR count). The topological polar surface area (TPSA) is 57.3 Å². The van der Waals surface area contributed by atoms with Crippen LogP contribution in [0, 0.1) is 11.6 Å². The highest BCUT2D eigenvalue weighted by Crippen LogP contribution is 2.21. The van der Waals surface area contributed by atoms with E-state index in [1.54, 1.807) is 24.1 Å². The minimum absolute atomic E-state index is 0. The van der Waals surface area contributed by atoms with Crippen molar-refractivity contribution in [3.63, 3.8) is 0 Å². The molecule has 0 bridgehead atoms. The number of carbonyl (C=O) groups is 1. The summed E-state index contributed by atoms with van der Waals surface area (Å²) < 4.78 is 26.6. The summed E-state index contributed by atoms with van der Waals surface area (Å²) in [5.74, 6) is -1.31. The van der Waals surface area contributed by atoms with Crippen LogP contribution in [0.3, 0.4) is 0 Å². The van der Waals surface area contributed by atoms with Crippen LogP contribution in [0.25, 0.3) is 11.3 Å². The molecule has 5 nitrogen and oxygen atoms in total. The molecule has 1 aliphatic heterocycles. The van der Waals surface area contributed by atoms with E-state index in [1.165, 1.54) is 18.3 Å². The fourth-order valence-electron chi connectivity index (χ4n) is 2.91. The van der Waals surface area contributed by atoms with Gasteiger partial charge < -0.3 is 15.5 Å². The van der Waals surface area contributed by atoms with Crippen LogP contribution in [0.15, 0.2) is 36.5 Å². The molecule has 0 unspecified atom stereocenters. The summed E-state index contributed by atoms with van der Waals surface area (Å²) in [5, 5.41) is 6.06. The number of carbonyl (C=O) groups excluding carboxylic acids is 1. The highest BCUT2D eigenvalue weighted by Gasteiger charge is 2.21. The SMILES string of the molecule is CN(C(=O)Nc1ccc(-c2cc(F)cc(F)c2)nc1)C1CCNCC1.Cl.Cl. The molecule has 0 radical (unpaired) electrons. The van der Waals surface area contributed by atoms with Gasteiger partial charge in [-0.1, -0.05) is 0 Å². The van der Waals surface area contributed by atoms with Crippen molar-refractivity contribution in [1.82, 2.24) is 15.2 Å². The third-order valence-corrected chi connectivity index (χ3v) is 4.35. The molecular formula is C18H22Cl2F2N4O. The predicted octanol–water partition coefficient (Wildman–Crippen LogP) is 4.09. The molecule has 9 heteroatoms. The number of pyridine rings is 1. The largest absolute Gasteiger partial charge is 0.325 e. The maximum absolute atomic E-state index is 13.3. The number of rotatable bonds is 3. The van der Waals surface area contributed by atoms with Crippen molar-refractivity contribution >= 4 is 36.5 Å². The lowest BCUT2D eigenvalue weighted by atomic mass is 10.1. The Bertz CT molecular complexity index is 735. The zero-order valence-corrected chi connectivity index (χ0v) is 16.4. The first-order valence-corrected chi connectivity index (χ1v) is 8.20. The Labute approximate surface area is 169 Å². The fraction of sp³-hybridized carbons (Fsp3) is 0.333. The average Bonchev–Trinajstić information content (AvgIpc) is 2.61. The van der Waals surface area contributed by atoms with E-state index in [0.717, 1.165) is 32.0 Å². The summed E-state index contributed by atoms with van der Waals surface area (Å²) >= 11 is 0. The van der Waals surface area contributed by atoms with E-state index >= 15 is 0 Å². The number of hydrogen-bond donors (Lipinski definition) is 2. The summed E-state index contributed by atoms with van der Waals surface area (Å²) in [6.45, 7) is 1.81. The fourth-order valence-corrected chi connectivity index (χ4v) is 2.91. The van der Waals surface area contributed by atoms with E-state index in [4.69, 9.17) is 0 Å². The summed E-state index contributed by atoms with van der Waals surface area (Å²) in [6.07, 6.45) is 3.32. The normalized spacial score (nSPS) is 13.9. The second-order valence-corrected chi connectivity index (χ2v) is 6.11. The van der Waals surface area contributed by atoms with E-state index in [9.17, 15) is 13.6 Å². The van der Waals surface area contributed by atoms with Crippen LogP contribution >= 0.6 is 24.8 Å². The molecule has 2 heterocycles. The first-order chi connectivity index (χ1) is 12.0. The van der Waals surface area contributed by atoms with Crippen molar-refractivity contribution < 1.29 is 13.6 Å². The van der Waals surface area contributed by atoms with Gasteiger partial charge in [0.2, 0.25) is 0 Å². The van der Waals surface area contributed by atoms with Crippen molar-refractivity contribution in [2.45, 2.75) is 18.9 Å². The quantitative estimate of drug-likeness (QED) is 0.788. The second-order valence-electron chi connectivity index (χ2n) is 6.11. The molecule has 1 aromatic heterocycles. The average molecular weight is 419 g/mol. The van der Waals surface area contributed by atoms with Gasteiger partial charge in [-0.25, -0.2) is 13.6 Å². The molecular weight excluding hydrogens is 397 g/mol. The summed E-state index contributed by atoms with van der Waals surface area (Å²) in [5.41, 5.74) is 1.32. The highest BCUT2D eigenvalue weighted by atomic mass is 35.5. The molecule has 0 spiro atoms. The smallest absolute Gasteiger partial charge is 0.321 e. The molecule has 1 fully saturated rings. The zero-order chi connectivity index (χ0) is 17.8. The molecule has 2 amide bonds. The van der Waals surface area contributed by atoms with Crippen LogP contribution in [0.5, 0.6) is 0 Å². The number of halogens is 4. The van der Waals surface area contributed by atoms with Gasteiger partial charge in [0.05, 0.1) is 17.6 Å². The predicted molar refractivity (Wildman–Crippen MR) is 107 cm³/mol. The van der Waals surface area contributed by atoms with E-state index in [2.05, 4.69) is 15.6 Å². The molecule has 1 aliphatic rings. The van der Waals surface area contributed by atoms with Crippen LogP contribution in [0.2, 0.25) is 0 Å². The number of nitrogens with one attached hydrogen (secondary N) is 2. The van der Waals surface area contributed by atoms with Gasteiger partial charge in [0, 0.05) is 24.7 Å². The van der Waals surface area contributed by atoms with Gasteiger partial charge in [-0.3, -0.25) is 4.98 Å². The number of benzene rings is 1. The van der Waals surface area contributed by atoms with Gasteiger partial charge >= 0.3 is 6.03 Å². The minimum atomic E-state index is -0.655. The Morgan fingerprint density at radius 2 is 1.78 bits per heavy atom. The van der Waals surface area contributed by atoms with Gasteiger partial charge in [0.15, 0.2) is 0 Å². The maximum Gasteiger partial charge on any atom is 0.321 e. The van der Waals surface area contributed by atoms with E-state index in [0.29, 0.717) is 16.9 Å². The number of amides is 2. The summed E-state index contributed by atoms with van der Waals surface area (Å²) in [7, 11) is 1.78. The van der Waals surface area contributed by atoms with Crippen molar-refractivity contribution in [3.8, 4) is 11.3 Å². The monoisotopic (exact) mass is 418 g/mol. The number of hydrogen-bond acceptors (Lipinski definition) is 3. The first-order valence-electron chi connectivity index (χ1n) is 8.20. The number of anilines is 1. The highest BCUT2D eigenvalue weighted by molar-refractivity contribution is 5.89. The van der Waals surface area contributed by atoms with Crippen LogP contribution in [-0.4, -0.2) is 42.1 Å². The molecule has 2 aromatic rings. The van der Waals surface area contributed by atoms with Crippen molar-refractivity contribution in [3.05, 3.63) is 48.2 Å². The van der Waals surface area contributed by atoms with E-state index < -0.39 is 11.6 Å². The molecule has 148 valence electrons. The van der Waals surface area contributed by atoms with Gasteiger partial charge in [0.25, 0.3) is 0 Å². The third kappa shape index (κ3) is 6.02. The van der Waals surface area contributed by atoms with E-state index in [-0.39, 0.29) is 36.9 Å². The molecule has 2 N–H and O–H groups in total. The zero-order valence-electron chi connectivity index (χ0n) is 14.7. The van der Waals surface area contributed by atoms with Crippen LogP contribution < -0.4 is 10.6 Å². The Morgan fingerprint density at radius 1 is 1.15 bits per heavy atom. The van der Waals surface area contributed by atoms with Crippen LogP contribution in [-0.2, 0) is 0 Å². The second kappa shape index (κ2) is 10.4. The maximum atomic E-state index is 13.3. The van der Waals surface area contributed by atoms with Gasteiger partial charge in [-0.05, 0) is 50.2 Å². The number of aromatic nitrogens is 1. The lowest BCUT2D eigenvalue weighted by molar-refractivity contribution is 0.189. The molecule has 27 heavy (non-hydrogen) atoms. The van der Waals surface area contributed by atoms with Gasteiger partial charge in [-0.15, -0.1) is 24.8 Å². The van der Waals surface area contributed by atoms with Crippen molar-refractivity contribution in [1.29, 1.82) is 0 Å². The lowest BCUT2D eigenvalue weighted by Gasteiger charge is -2.31. The number of nitrogens with zero attached hydrogens (tertiary/aromatic N) is 2. The molecule has 0 atom stereocenters. The Kier molecular flexibility index (Phi) is 8.88. The Balaban J connectivity index is 0.00000182. The molecule has 0 aliphatic carbocycles. The van der Waals surface area contributed by atoms with Gasteiger partial charge in [0.1, 0.15) is 11.6 Å². The molecule has 1 aromatic carbocycles. The lowest BCUT2D eigenvalue weighted by Crippen LogP contribution is -2.45. The Hall–Kier alpha value is -1.96. The molecule has 0 saturated carbocycles. The van der Waals surface area contributed by atoms with Crippen LogP contribution in [0.1, 0.15) is 12.8 Å². The van der Waals surface area contributed by atoms with Crippen molar-refractivity contribution in [2.75, 3.05) is 25.5 Å². The minimum Gasteiger partial charge on any atom is -0.325 e. The number of piperidine rings is 1. The van der Waals surface area contributed by atoms with Crippen LogP contribution in [0.4, 0.5) is 19.3 Å².